The summed E-state index contributed by atoms with van der Waals surface area (Å²) in [6.45, 7) is 8.94. The lowest BCUT2D eigenvalue weighted by molar-refractivity contribution is -0.133. The van der Waals surface area contributed by atoms with Crippen molar-refractivity contribution in [2.75, 3.05) is 12.3 Å². The standard InChI is InChI=1S/C20H33NO3S/c1-5-7-8-15-21(18(4)9-6-2)20(22)14-16-25(23,24)19-12-10-17(3)11-13-19/h10-13,18H,5-9,14-16H2,1-4H3. The van der Waals surface area contributed by atoms with Crippen LogP contribution >= 0.6 is 0 Å². The maximum atomic E-state index is 12.6. The Morgan fingerprint density at radius 3 is 2.28 bits per heavy atom. The molecule has 1 amide bonds. The molecule has 0 saturated heterocycles. The highest BCUT2D eigenvalue weighted by Crippen LogP contribution is 2.16. The predicted octanol–water partition coefficient (Wildman–Crippen LogP) is 4.37. The molecule has 25 heavy (non-hydrogen) atoms. The van der Waals surface area contributed by atoms with Gasteiger partial charge in [0.1, 0.15) is 0 Å². The number of carbonyl (C=O) groups is 1. The number of rotatable bonds is 11. The molecule has 5 heteroatoms. The summed E-state index contributed by atoms with van der Waals surface area (Å²) in [4.78, 5) is 14.8. The quantitative estimate of drug-likeness (QED) is 0.546. The molecule has 1 aromatic rings. The van der Waals surface area contributed by atoms with Crippen molar-refractivity contribution in [3.8, 4) is 0 Å². The number of aryl methyl sites for hydroxylation is 1. The highest BCUT2D eigenvalue weighted by molar-refractivity contribution is 7.91. The van der Waals surface area contributed by atoms with Crippen LogP contribution in [0.3, 0.4) is 0 Å². The Morgan fingerprint density at radius 1 is 1.08 bits per heavy atom. The van der Waals surface area contributed by atoms with Crippen molar-refractivity contribution in [2.45, 2.75) is 77.2 Å². The summed E-state index contributed by atoms with van der Waals surface area (Å²) < 4.78 is 24.9. The first-order valence-corrected chi connectivity index (χ1v) is 11.1. The van der Waals surface area contributed by atoms with E-state index in [9.17, 15) is 13.2 Å². The van der Waals surface area contributed by atoms with E-state index in [-0.39, 0.29) is 24.1 Å². The highest BCUT2D eigenvalue weighted by atomic mass is 32.2. The van der Waals surface area contributed by atoms with Crippen LogP contribution in [0.4, 0.5) is 0 Å². The molecule has 1 aromatic carbocycles. The Kier molecular flexibility index (Phi) is 9.19. The molecular formula is C20H33NO3S. The van der Waals surface area contributed by atoms with Gasteiger partial charge in [0.2, 0.25) is 5.91 Å². The summed E-state index contributed by atoms with van der Waals surface area (Å²) in [5, 5.41) is 0. The third-order valence-electron chi connectivity index (χ3n) is 4.53. The third-order valence-corrected chi connectivity index (χ3v) is 6.26. The van der Waals surface area contributed by atoms with Gasteiger partial charge in [0.25, 0.3) is 0 Å². The van der Waals surface area contributed by atoms with Crippen LogP contribution in [-0.4, -0.2) is 37.6 Å². The minimum Gasteiger partial charge on any atom is -0.340 e. The van der Waals surface area contributed by atoms with Gasteiger partial charge in [0.15, 0.2) is 9.84 Å². The van der Waals surface area contributed by atoms with Crippen molar-refractivity contribution in [3.05, 3.63) is 29.8 Å². The van der Waals surface area contributed by atoms with Crippen molar-refractivity contribution in [1.29, 1.82) is 0 Å². The zero-order chi connectivity index (χ0) is 18.9. The number of hydrogen-bond acceptors (Lipinski definition) is 3. The molecule has 1 unspecified atom stereocenters. The van der Waals surface area contributed by atoms with Gasteiger partial charge in [-0.2, -0.15) is 0 Å². The molecule has 0 radical (unpaired) electrons. The van der Waals surface area contributed by atoms with E-state index in [0.717, 1.165) is 44.2 Å². The van der Waals surface area contributed by atoms with E-state index in [1.54, 1.807) is 24.3 Å². The van der Waals surface area contributed by atoms with Crippen molar-refractivity contribution in [2.24, 2.45) is 0 Å². The minimum atomic E-state index is -3.42. The fourth-order valence-corrected chi connectivity index (χ4v) is 4.16. The minimum absolute atomic E-state index is 0.0484. The Morgan fingerprint density at radius 2 is 1.72 bits per heavy atom. The van der Waals surface area contributed by atoms with E-state index in [1.165, 1.54) is 0 Å². The van der Waals surface area contributed by atoms with Crippen molar-refractivity contribution < 1.29 is 13.2 Å². The average Bonchev–Trinajstić information content (AvgIpc) is 2.57. The average molecular weight is 368 g/mol. The fraction of sp³-hybridized carbons (Fsp3) is 0.650. The van der Waals surface area contributed by atoms with Crippen LogP contribution in [0.2, 0.25) is 0 Å². The number of hydrogen-bond donors (Lipinski definition) is 0. The first-order chi connectivity index (χ1) is 11.8. The lowest BCUT2D eigenvalue weighted by atomic mass is 10.1. The smallest absolute Gasteiger partial charge is 0.223 e. The summed E-state index contributed by atoms with van der Waals surface area (Å²) in [5.74, 6) is -0.175. The predicted molar refractivity (Wildman–Crippen MR) is 103 cm³/mol. The summed E-state index contributed by atoms with van der Waals surface area (Å²) in [7, 11) is -3.42. The Labute approximate surface area is 153 Å². The van der Waals surface area contributed by atoms with Crippen molar-refractivity contribution >= 4 is 15.7 Å². The van der Waals surface area contributed by atoms with Gasteiger partial charge in [-0.25, -0.2) is 8.42 Å². The van der Waals surface area contributed by atoms with E-state index in [2.05, 4.69) is 20.8 Å². The maximum Gasteiger partial charge on any atom is 0.223 e. The van der Waals surface area contributed by atoms with Crippen LogP contribution < -0.4 is 0 Å². The molecule has 0 aromatic heterocycles. The first-order valence-electron chi connectivity index (χ1n) is 9.40. The number of unbranched alkanes of at least 4 members (excludes halogenated alkanes) is 2. The Bertz CT molecular complexity index is 623. The van der Waals surface area contributed by atoms with E-state index in [0.29, 0.717) is 4.90 Å². The first kappa shape index (κ1) is 21.7. The summed E-state index contributed by atoms with van der Waals surface area (Å²) in [6.07, 6.45) is 5.18. The lowest BCUT2D eigenvalue weighted by Gasteiger charge is -2.29. The third kappa shape index (κ3) is 7.18. The number of nitrogens with zero attached hydrogens (tertiary/aromatic N) is 1. The van der Waals surface area contributed by atoms with Crippen LogP contribution in [-0.2, 0) is 14.6 Å². The van der Waals surface area contributed by atoms with Gasteiger partial charge in [-0.05, 0) is 38.8 Å². The molecule has 0 spiro atoms. The van der Waals surface area contributed by atoms with Gasteiger partial charge in [-0.15, -0.1) is 0 Å². The van der Waals surface area contributed by atoms with Gasteiger partial charge >= 0.3 is 0 Å². The molecule has 142 valence electrons. The molecule has 4 nitrogen and oxygen atoms in total. The number of carbonyl (C=O) groups excluding carboxylic acids is 1. The second-order valence-electron chi connectivity index (χ2n) is 6.81. The number of sulfone groups is 1. The Hall–Kier alpha value is -1.36. The van der Waals surface area contributed by atoms with E-state index >= 15 is 0 Å². The lowest BCUT2D eigenvalue weighted by Crippen LogP contribution is -2.40. The normalized spacial score (nSPS) is 12.8. The Balaban J connectivity index is 2.72. The highest BCUT2D eigenvalue weighted by Gasteiger charge is 2.22. The molecule has 0 aliphatic rings. The molecule has 0 bridgehead atoms. The van der Waals surface area contributed by atoms with Crippen molar-refractivity contribution in [1.82, 2.24) is 4.90 Å². The molecule has 0 saturated carbocycles. The van der Waals surface area contributed by atoms with Gasteiger partial charge < -0.3 is 4.90 Å². The van der Waals surface area contributed by atoms with Gasteiger partial charge in [-0.3, -0.25) is 4.79 Å². The monoisotopic (exact) mass is 367 g/mol. The zero-order valence-electron chi connectivity index (χ0n) is 16.1. The van der Waals surface area contributed by atoms with Crippen LogP contribution in [0.5, 0.6) is 0 Å². The maximum absolute atomic E-state index is 12.6. The molecule has 0 aliphatic heterocycles. The molecule has 0 aliphatic carbocycles. The topological polar surface area (TPSA) is 54.5 Å². The van der Waals surface area contributed by atoms with Gasteiger partial charge in [0, 0.05) is 19.0 Å². The second kappa shape index (κ2) is 10.6. The fourth-order valence-electron chi connectivity index (χ4n) is 2.93. The molecule has 0 fully saturated rings. The SMILES string of the molecule is CCCCCN(C(=O)CCS(=O)(=O)c1ccc(C)cc1)C(C)CCC. The molecule has 0 heterocycles. The number of amides is 1. The van der Waals surface area contributed by atoms with E-state index in [1.807, 2.05) is 11.8 Å². The summed E-state index contributed by atoms with van der Waals surface area (Å²) in [5.41, 5.74) is 1.02. The largest absolute Gasteiger partial charge is 0.340 e. The van der Waals surface area contributed by atoms with Crippen LogP contribution in [0, 0.1) is 6.92 Å². The summed E-state index contributed by atoms with van der Waals surface area (Å²) in [6, 6.07) is 6.97. The van der Waals surface area contributed by atoms with Crippen LogP contribution in [0.25, 0.3) is 0 Å². The van der Waals surface area contributed by atoms with E-state index in [4.69, 9.17) is 0 Å². The molecule has 0 N–H and O–H groups in total. The summed E-state index contributed by atoms with van der Waals surface area (Å²) >= 11 is 0. The van der Waals surface area contributed by atoms with Crippen molar-refractivity contribution in [3.63, 3.8) is 0 Å². The molecule has 1 atom stereocenters. The van der Waals surface area contributed by atoms with Crippen LogP contribution in [0.15, 0.2) is 29.2 Å². The molecular weight excluding hydrogens is 334 g/mol. The van der Waals surface area contributed by atoms with Gasteiger partial charge in [0.05, 0.1) is 10.6 Å². The molecule has 1 rings (SSSR count). The van der Waals surface area contributed by atoms with Crippen LogP contribution in [0.1, 0.15) is 64.9 Å². The van der Waals surface area contributed by atoms with E-state index < -0.39 is 9.84 Å². The zero-order valence-corrected chi connectivity index (χ0v) is 16.9. The number of benzene rings is 1. The second-order valence-corrected chi connectivity index (χ2v) is 8.92. The van der Waals surface area contributed by atoms with Gasteiger partial charge in [-0.1, -0.05) is 50.8 Å².